The molecule has 6 nitrogen and oxygen atoms in total. The smallest absolute Gasteiger partial charge is 0.264 e. The van der Waals surface area contributed by atoms with Gasteiger partial charge in [0.25, 0.3) is 14.9 Å². The lowest BCUT2D eigenvalue weighted by Gasteiger charge is -2.06. The second kappa shape index (κ2) is 6.76. The van der Waals surface area contributed by atoms with Crippen molar-refractivity contribution in [1.82, 2.24) is 10.1 Å². The largest absolute Gasteiger partial charge is 0.483 e. The second-order valence-corrected chi connectivity index (χ2v) is 7.59. The van der Waals surface area contributed by atoms with Crippen molar-refractivity contribution in [2.75, 3.05) is 0 Å². The van der Waals surface area contributed by atoms with Crippen LogP contribution >= 0.6 is 26.6 Å². The number of aromatic nitrogens is 2. The molecule has 0 amide bonds. The number of nitrogens with zero attached hydrogens (tertiary/aromatic N) is 2. The van der Waals surface area contributed by atoms with Gasteiger partial charge in [-0.05, 0) is 40.5 Å². The van der Waals surface area contributed by atoms with Gasteiger partial charge in [-0.15, -0.1) is 0 Å². The van der Waals surface area contributed by atoms with Gasteiger partial charge < -0.3 is 9.26 Å². The van der Waals surface area contributed by atoms with E-state index in [0.717, 1.165) is 12.8 Å². The number of hydrogen-bond acceptors (Lipinski definition) is 6. The Balaban J connectivity index is 2.06. The Kier molecular flexibility index (Phi) is 5.23. The molecule has 0 saturated heterocycles. The van der Waals surface area contributed by atoms with E-state index in [2.05, 4.69) is 26.1 Å². The number of hydrogen-bond donors (Lipinski definition) is 0. The van der Waals surface area contributed by atoms with Crippen LogP contribution in [0.3, 0.4) is 0 Å². The van der Waals surface area contributed by atoms with Crippen LogP contribution in [0.5, 0.6) is 5.75 Å². The maximum atomic E-state index is 11.2. The van der Waals surface area contributed by atoms with Crippen molar-refractivity contribution in [2.45, 2.75) is 31.3 Å². The highest BCUT2D eigenvalue weighted by atomic mass is 79.9. The SMILES string of the molecule is CCCc1noc(COc2ccc(S(=O)(=O)Cl)cc2Br)n1. The van der Waals surface area contributed by atoms with E-state index in [-0.39, 0.29) is 11.5 Å². The molecular formula is C12H12BrClN2O4S. The zero-order valence-electron chi connectivity index (χ0n) is 11.0. The van der Waals surface area contributed by atoms with E-state index >= 15 is 0 Å². The molecule has 114 valence electrons. The quantitative estimate of drug-likeness (QED) is 0.698. The number of benzene rings is 1. The zero-order valence-corrected chi connectivity index (χ0v) is 14.2. The van der Waals surface area contributed by atoms with E-state index in [9.17, 15) is 8.42 Å². The van der Waals surface area contributed by atoms with Crippen LogP contribution in [0, 0.1) is 0 Å². The van der Waals surface area contributed by atoms with E-state index in [1.807, 2.05) is 6.92 Å². The molecule has 0 radical (unpaired) electrons. The molecule has 1 heterocycles. The Morgan fingerprint density at radius 1 is 1.43 bits per heavy atom. The van der Waals surface area contributed by atoms with E-state index in [1.165, 1.54) is 18.2 Å². The van der Waals surface area contributed by atoms with Gasteiger partial charge in [-0.1, -0.05) is 12.1 Å². The molecule has 0 atom stereocenters. The zero-order chi connectivity index (χ0) is 15.5. The molecule has 9 heteroatoms. The highest BCUT2D eigenvalue weighted by molar-refractivity contribution is 9.10. The Morgan fingerprint density at radius 2 is 2.19 bits per heavy atom. The summed E-state index contributed by atoms with van der Waals surface area (Å²) in [4.78, 5) is 4.16. The predicted molar refractivity (Wildman–Crippen MR) is 79.8 cm³/mol. The Hall–Kier alpha value is -1.12. The summed E-state index contributed by atoms with van der Waals surface area (Å²) in [6, 6.07) is 4.23. The highest BCUT2D eigenvalue weighted by Crippen LogP contribution is 2.29. The van der Waals surface area contributed by atoms with E-state index in [0.29, 0.717) is 21.9 Å². The van der Waals surface area contributed by atoms with Crippen molar-refractivity contribution in [1.29, 1.82) is 0 Å². The molecule has 2 rings (SSSR count). The summed E-state index contributed by atoms with van der Waals surface area (Å²) in [6.07, 6.45) is 1.68. The predicted octanol–water partition coefficient (Wildman–Crippen LogP) is 3.29. The van der Waals surface area contributed by atoms with Crippen LogP contribution < -0.4 is 4.74 Å². The van der Waals surface area contributed by atoms with Crippen molar-refractivity contribution in [3.63, 3.8) is 0 Å². The number of ether oxygens (including phenoxy) is 1. The van der Waals surface area contributed by atoms with Crippen LogP contribution in [-0.2, 0) is 22.1 Å². The van der Waals surface area contributed by atoms with Crippen molar-refractivity contribution >= 4 is 35.7 Å². The minimum absolute atomic E-state index is 0.00795. The summed E-state index contributed by atoms with van der Waals surface area (Å²) in [6.45, 7) is 2.12. The lowest BCUT2D eigenvalue weighted by molar-refractivity contribution is 0.241. The molecular weight excluding hydrogens is 384 g/mol. The van der Waals surface area contributed by atoms with Gasteiger partial charge in [-0.2, -0.15) is 4.98 Å². The monoisotopic (exact) mass is 394 g/mol. The molecule has 0 aliphatic carbocycles. The van der Waals surface area contributed by atoms with Crippen LogP contribution in [0.15, 0.2) is 32.1 Å². The Morgan fingerprint density at radius 3 is 2.81 bits per heavy atom. The fourth-order valence-corrected chi connectivity index (χ4v) is 2.99. The fraction of sp³-hybridized carbons (Fsp3) is 0.333. The van der Waals surface area contributed by atoms with Crippen LogP contribution in [0.25, 0.3) is 0 Å². The second-order valence-electron chi connectivity index (χ2n) is 4.17. The molecule has 0 aliphatic heterocycles. The van der Waals surface area contributed by atoms with Crippen molar-refractivity contribution in [3.05, 3.63) is 34.4 Å². The lowest BCUT2D eigenvalue weighted by atomic mass is 10.3. The first-order valence-corrected chi connectivity index (χ1v) is 9.19. The lowest BCUT2D eigenvalue weighted by Crippen LogP contribution is -1.98. The van der Waals surface area contributed by atoms with E-state index in [1.54, 1.807) is 0 Å². The van der Waals surface area contributed by atoms with Gasteiger partial charge in [-0.3, -0.25) is 0 Å². The van der Waals surface area contributed by atoms with Crippen LogP contribution in [0.2, 0.25) is 0 Å². The summed E-state index contributed by atoms with van der Waals surface area (Å²) in [7, 11) is 1.50. The molecule has 21 heavy (non-hydrogen) atoms. The number of halogens is 2. The van der Waals surface area contributed by atoms with Crippen molar-refractivity contribution in [2.24, 2.45) is 0 Å². The molecule has 2 aromatic rings. The average Bonchev–Trinajstić information content (AvgIpc) is 2.84. The summed E-state index contributed by atoms with van der Waals surface area (Å²) < 4.78 is 33.4. The normalized spacial score (nSPS) is 11.6. The van der Waals surface area contributed by atoms with Gasteiger partial charge in [0.2, 0.25) is 0 Å². The third-order valence-electron chi connectivity index (χ3n) is 2.52. The number of rotatable bonds is 6. The van der Waals surface area contributed by atoms with Gasteiger partial charge in [0, 0.05) is 17.1 Å². The third-order valence-corrected chi connectivity index (χ3v) is 4.49. The molecule has 1 aromatic heterocycles. The summed E-state index contributed by atoms with van der Waals surface area (Å²) in [5.41, 5.74) is 0. The maximum Gasteiger partial charge on any atom is 0.264 e. The van der Waals surface area contributed by atoms with Gasteiger partial charge >= 0.3 is 0 Å². The first kappa shape index (κ1) is 16.3. The van der Waals surface area contributed by atoms with Crippen molar-refractivity contribution < 1.29 is 17.7 Å². The Labute approximate surface area is 135 Å². The van der Waals surface area contributed by atoms with Gasteiger partial charge in [0.1, 0.15) is 5.75 Å². The maximum absolute atomic E-state index is 11.2. The summed E-state index contributed by atoms with van der Waals surface area (Å²) >= 11 is 3.23. The molecule has 0 unspecified atom stereocenters. The molecule has 0 saturated carbocycles. The van der Waals surface area contributed by atoms with E-state index < -0.39 is 9.05 Å². The molecule has 0 aliphatic rings. The molecule has 0 N–H and O–H groups in total. The van der Waals surface area contributed by atoms with Gasteiger partial charge in [-0.25, -0.2) is 8.42 Å². The highest BCUT2D eigenvalue weighted by Gasteiger charge is 2.13. The minimum atomic E-state index is -3.77. The topological polar surface area (TPSA) is 82.3 Å². The van der Waals surface area contributed by atoms with Crippen molar-refractivity contribution in [3.8, 4) is 5.75 Å². The van der Waals surface area contributed by atoms with E-state index in [4.69, 9.17) is 19.9 Å². The Bertz CT molecular complexity index is 733. The van der Waals surface area contributed by atoms with Crippen LogP contribution in [0.1, 0.15) is 25.1 Å². The first-order chi connectivity index (χ1) is 9.90. The van der Waals surface area contributed by atoms with Gasteiger partial charge in [0.15, 0.2) is 12.4 Å². The summed E-state index contributed by atoms with van der Waals surface area (Å²) in [5.74, 6) is 1.45. The average molecular weight is 396 g/mol. The van der Waals surface area contributed by atoms with Crippen LogP contribution in [0.4, 0.5) is 0 Å². The molecule has 0 bridgehead atoms. The molecule has 1 aromatic carbocycles. The summed E-state index contributed by atoms with van der Waals surface area (Å²) in [5, 5.41) is 3.81. The molecule has 0 spiro atoms. The fourth-order valence-electron chi connectivity index (χ4n) is 1.56. The standard InChI is InChI=1S/C12H12BrClN2O4S/c1-2-3-11-15-12(20-16-11)7-19-10-5-4-8(6-9(10)13)21(14,17)18/h4-6H,2-3,7H2,1H3. The molecule has 0 fully saturated rings. The third kappa shape index (κ3) is 4.42. The van der Waals surface area contributed by atoms with Gasteiger partial charge in [0.05, 0.1) is 9.37 Å². The minimum Gasteiger partial charge on any atom is -0.483 e. The van der Waals surface area contributed by atoms with Crippen LogP contribution in [-0.4, -0.2) is 18.6 Å². The first-order valence-electron chi connectivity index (χ1n) is 6.08. The number of aryl methyl sites for hydroxylation is 1.